The third kappa shape index (κ3) is 4.48. The number of nitrogens with one attached hydrogen (secondary N) is 2. The third-order valence-corrected chi connectivity index (χ3v) is 7.12. The molecule has 37 heavy (non-hydrogen) atoms. The predicted molar refractivity (Wildman–Crippen MR) is 143 cm³/mol. The van der Waals surface area contributed by atoms with E-state index in [9.17, 15) is 14.4 Å². The molecule has 1 aliphatic rings. The standard InChI is InChI=1S/C25H25BrN8O3/c1-13-6-8-17(25(37)32-19-5-3-4-18(26)31-19)34(13)20(35)11-33-16-9-7-14(24(36)28-2)10-15(16)21-22(27)29-12-30-23(21)33/h3-5,7,9-10,12-13,17H,6,8,11H2,1-2H3,(H,28,36)(H2,27,29,30)(H,31,32,37)/t13-,17+/m1/s1. The van der Waals surface area contributed by atoms with E-state index in [4.69, 9.17) is 5.73 Å². The molecule has 1 aliphatic heterocycles. The number of fused-ring (bicyclic) bond motifs is 3. The molecule has 0 spiro atoms. The molecule has 5 rings (SSSR count). The number of pyridine rings is 1. The van der Waals surface area contributed by atoms with Crippen molar-refractivity contribution < 1.29 is 14.4 Å². The number of aromatic nitrogens is 4. The van der Waals surface area contributed by atoms with Gasteiger partial charge in [-0.2, -0.15) is 0 Å². The van der Waals surface area contributed by atoms with Crippen LogP contribution in [0.4, 0.5) is 11.6 Å². The van der Waals surface area contributed by atoms with Crippen LogP contribution >= 0.6 is 15.9 Å². The minimum Gasteiger partial charge on any atom is -0.383 e. The van der Waals surface area contributed by atoms with Crippen molar-refractivity contribution in [2.45, 2.75) is 38.4 Å². The Morgan fingerprint density at radius 3 is 2.73 bits per heavy atom. The number of likely N-dealkylation sites (tertiary alicyclic amines) is 1. The molecule has 0 saturated carbocycles. The van der Waals surface area contributed by atoms with E-state index in [1.165, 1.54) is 6.33 Å². The lowest BCUT2D eigenvalue weighted by atomic mass is 10.1. The molecule has 3 amide bonds. The number of carbonyl (C=O) groups excluding carboxylic acids is 3. The largest absolute Gasteiger partial charge is 0.383 e. The Morgan fingerprint density at radius 2 is 1.97 bits per heavy atom. The molecule has 0 bridgehead atoms. The minimum absolute atomic E-state index is 0.0565. The predicted octanol–water partition coefficient (Wildman–Crippen LogP) is 2.70. The number of carbonyl (C=O) groups is 3. The fourth-order valence-electron chi connectivity index (χ4n) is 4.95. The fraction of sp³-hybridized carbons (Fsp3) is 0.280. The molecule has 12 heteroatoms. The summed E-state index contributed by atoms with van der Waals surface area (Å²) in [6.45, 7) is 1.88. The molecule has 1 fully saturated rings. The summed E-state index contributed by atoms with van der Waals surface area (Å²) in [6, 6.07) is 9.66. The van der Waals surface area contributed by atoms with Crippen LogP contribution in [0.2, 0.25) is 0 Å². The van der Waals surface area contributed by atoms with Gasteiger partial charge in [-0.1, -0.05) is 6.07 Å². The van der Waals surface area contributed by atoms with E-state index >= 15 is 0 Å². The van der Waals surface area contributed by atoms with Gasteiger partial charge in [-0.25, -0.2) is 15.0 Å². The maximum Gasteiger partial charge on any atom is 0.251 e. The van der Waals surface area contributed by atoms with Gasteiger partial charge in [0.1, 0.15) is 40.8 Å². The van der Waals surface area contributed by atoms with Crippen LogP contribution in [0.5, 0.6) is 0 Å². The maximum atomic E-state index is 13.7. The molecule has 1 aromatic carbocycles. The number of hydrogen-bond donors (Lipinski definition) is 3. The lowest BCUT2D eigenvalue weighted by Crippen LogP contribution is -2.47. The first-order chi connectivity index (χ1) is 17.8. The first kappa shape index (κ1) is 24.6. The van der Waals surface area contributed by atoms with Crippen LogP contribution in [-0.4, -0.2) is 61.3 Å². The molecule has 1 saturated heterocycles. The van der Waals surface area contributed by atoms with E-state index < -0.39 is 6.04 Å². The quantitative estimate of drug-likeness (QED) is 0.315. The Kier molecular flexibility index (Phi) is 6.50. The van der Waals surface area contributed by atoms with Crippen molar-refractivity contribution >= 4 is 67.2 Å². The van der Waals surface area contributed by atoms with Crippen LogP contribution in [0.25, 0.3) is 21.9 Å². The van der Waals surface area contributed by atoms with E-state index in [1.54, 1.807) is 52.9 Å². The summed E-state index contributed by atoms with van der Waals surface area (Å²) in [7, 11) is 1.56. The molecule has 190 valence electrons. The number of amides is 3. The lowest BCUT2D eigenvalue weighted by Gasteiger charge is -2.28. The second-order valence-corrected chi connectivity index (χ2v) is 9.75. The molecular formula is C25H25BrN8O3. The zero-order chi connectivity index (χ0) is 26.3. The molecule has 4 aromatic rings. The fourth-order valence-corrected chi connectivity index (χ4v) is 5.29. The molecule has 2 atom stereocenters. The number of hydrogen-bond acceptors (Lipinski definition) is 7. The Bertz CT molecular complexity index is 1550. The SMILES string of the molecule is CNC(=O)c1ccc2c(c1)c1c(N)ncnc1n2CC(=O)N1[C@H](C)CC[C@H]1C(=O)Nc1cccc(Br)n1. The second-order valence-electron chi connectivity index (χ2n) is 8.93. The smallest absolute Gasteiger partial charge is 0.251 e. The van der Waals surface area contributed by atoms with E-state index in [1.807, 2.05) is 6.92 Å². The minimum atomic E-state index is -0.629. The van der Waals surface area contributed by atoms with Crippen molar-refractivity contribution in [2.24, 2.45) is 0 Å². The number of nitrogens with zero attached hydrogens (tertiary/aromatic N) is 5. The Hall–Kier alpha value is -4.06. The Labute approximate surface area is 220 Å². The summed E-state index contributed by atoms with van der Waals surface area (Å²) in [4.78, 5) is 53.5. The zero-order valence-electron chi connectivity index (χ0n) is 20.2. The van der Waals surface area contributed by atoms with E-state index in [0.29, 0.717) is 50.8 Å². The third-order valence-electron chi connectivity index (χ3n) is 6.68. The second kappa shape index (κ2) is 9.77. The maximum absolute atomic E-state index is 13.7. The highest BCUT2D eigenvalue weighted by Crippen LogP contribution is 2.33. The highest BCUT2D eigenvalue weighted by Gasteiger charge is 2.39. The van der Waals surface area contributed by atoms with Gasteiger partial charge in [0.2, 0.25) is 11.8 Å². The van der Waals surface area contributed by atoms with Crippen LogP contribution in [0, 0.1) is 0 Å². The molecule has 3 aromatic heterocycles. The van der Waals surface area contributed by atoms with Gasteiger partial charge in [-0.15, -0.1) is 0 Å². The van der Waals surface area contributed by atoms with E-state index in [2.05, 4.69) is 41.5 Å². The Morgan fingerprint density at radius 1 is 1.16 bits per heavy atom. The van der Waals surface area contributed by atoms with Gasteiger partial charge in [0.15, 0.2) is 0 Å². The summed E-state index contributed by atoms with van der Waals surface area (Å²) in [5.74, 6) is -0.0867. The first-order valence-electron chi connectivity index (χ1n) is 11.8. The number of nitrogens with two attached hydrogens (primary N) is 1. The van der Waals surface area contributed by atoms with Crippen molar-refractivity contribution in [3.05, 3.63) is 52.9 Å². The van der Waals surface area contributed by atoms with E-state index in [0.717, 1.165) is 0 Å². The average molecular weight is 565 g/mol. The first-order valence-corrected chi connectivity index (χ1v) is 12.6. The number of benzene rings is 1. The molecule has 11 nitrogen and oxygen atoms in total. The van der Waals surface area contributed by atoms with Crippen molar-refractivity contribution in [1.29, 1.82) is 0 Å². The topological polar surface area (TPSA) is 148 Å². The van der Waals surface area contributed by atoms with Crippen molar-refractivity contribution in [1.82, 2.24) is 29.7 Å². The number of rotatable bonds is 5. The molecular weight excluding hydrogens is 540 g/mol. The summed E-state index contributed by atoms with van der Waals surface area (Å²) in [5, 5.41) is 6.68. The van der Waals surface area contributed by atoms with Crippen LogP contribution in [0.1, 0.15) is 30.1 Å². The zero-order valence-corrected chi connectivity index (χ0v) is 21.8. The van der Waals surface area contributed by atoms with Gasteiger partial charge in [0.05, 0.1) is 10.9 Å². The highest BCUT2D eigenvalue weighted by atomic mass is 79.9. The van der Waals surface area contributed by atoms with Gasteiger partial charge in [0.25, 0.3) is 5.91 Å². The van der Waals surface area contributed by atoms with Gasteiger partial charge < -0.3 is 25.8 Å². The Balaban J connectivity index is 1.49. The lowest BCUT2D eigenvalue weighted by molar-refractivity contribution is -0.138. The summed E-state index contributed by atoms with van der Waals surface area (Å²) < 4.78 is 2.36. The molecule has 0 unspecified atom stereocenters. The summed E-state index contributed by atoms with van der Waals surface area (Å²) >= 11 is 3.30. The van der Waals surface area contributed by atoms with Crippen LogP contribution < -0.4 is 16.4 Å². The van der Waals surface area contributed by atoms with Crippen LogP contribution in [0.3, 0.4) is 0 Å². The normalized spacial score (nSPS) is 17.3. The molecule has 0 radical (unpaired) electrons. The van der Waals surface area contributed by atoms with Crippen LogP contribution in [0.15, 0.2) is 47.3 Å². The summed E-state index contributed by atoms with van der Waals surface area (Å²) in [5.41, 5.74) is 7.82. The van der Waals surface area contributed by atoms with E-state index in [-0.39, 0.29) is 36.1 Å². The van der Waals surface area contributed by atoms with Crippen molar-refractivity contribution in [3.8, 4) is 0 Å². The number of nitrogen functional groups attached to an aromatic ring is 1. The molecule has 4 N–H and O–H groups in total. The molecule has 4 heterocycles. The van der Waals surface area contributed by atoms with Crippen LogP contribution in [-0.2, 0) is 16.1 Å². The van der Waals surface area contributed by atoms with Gasteiger partial charge in [-0.05, 0) is 66.0 Å². The van der Waals surface area contributed by atoms with Gasteiger partial charge >= 0.3 is 0 Å². The monoisotopic (exact) mass is 564 g/mol. The van der Waals surface area contributed by atoms with Crippen molar-refractivity contribution in [3.63, 3.8) is 0 Å². The molecule has 0 aliphatic carbocycles. The van der Waals surface area contributed by atoms with Gasteiger partial charge in [-0.3, -0.25) is 14.4 Å². The van der Waals surface area contributed by atoms with Crippen molar-refractivity contribution in [2.75, 3.05) is 18.1 Å². The number of anilines is 2. The van der Waals surface area contributed by atoms with Gasteiger partial charge in [0, 0.05) is 24.0 Å². The number of halogens is 1. The summed E-state index contributed by atoms with van der Waals surface area (Å²) in [6.07, 6.45) is 2.59. The highest BCUT2D eigenvalue weighted by molar-refractivity contribution is 9.10. The average Bonchev–Trinajstić information content (AvgIpc) is 3.42.